The van der Waals surface area contributed by atoms with E-state index in [0.717, 1.165) is 39.4 Å². The van der Waals surface area contributed by atoms with Gasteiger partial charge in [-0.05, 0) is 75.2 Å². The fraction of sp³-hybridized carbons (Fsp3) is 0.194. The number of carbonyl (C=O) groups is 1. The van der Waals surface area contributed by atoms with E-state index in [4.69, 9.17) is 22.1 Å². The highest BCUT2D eigenvalue weighted by atomic mass is 32.2. The lowest BCUT2D eigenvalue weighted by molar-refractivity contribution is -0.122. The summed E-state index contributed by atoms with van der Waals surface area (Å²) in [5.41, 5.74) is 6.79. The molecular formula is C31H29N3O2S2. The summed E-state index contributed by atoms with van der Waals surface area (Å²) in [6.45, 7) is 8.57. The molecule has 1 fully saturated rings. The molecule has 0 aliphatic carbocycles. The van der Waals surface area contributed by atoms with Crippen molar-refractivity contribution in [2.75, 3.05) is 0 Å². The van der Waals surface area contributed by atoms with Gasteiger partial charge in [-0.25, -0.2) is 4.68 Å². The quantitative estimate of drug-likeness (QED) is 0.182. The Morgan fingerprint density at radius 1 is 1.03 bits per heavy atom. The van der Waals surface area contributed by atoms with Gasteiger partial charge in [-0.15, -0.1) is 0 Å². The standard InChI is InChI=1S/C31H29N3O2S2/c1-20(2)36-27-15-14-24(16-22(27)4)29-25(19-34(32-29)26-8-6-5-7-9-26)17-28-30(35)33(31(37)38-28)18-23-12-10-21(3)11-13-23/h5-17,19-20H,18H2,1-4H3/b28-17-. The van der Waals surface area contributed by atoms with Crippen molar-refractivity contribution in [1.29, 1.82) is 0 Å². The number of rotatable bonds is 7. The van der Waals surface area contributed by atoms with Crippen LogP contribution in [-0.2, 0) is 11.3 Å². The van der Waals surface area contributed by atoms with Crippen LogP contribution in [0.4, 0.5) is 0 Å². The van der Waals surface area contributed by atoms with Gasteiger partial charge in [0, 0.05) is 17.3 Å². The lowest BCUT2D eigenvalue weighted by atomic mass is 10.0. The number of thioether (sulfide) groups is 1. The van der Waals surface area contributed by atoms with E-state index in [0.29, 0.717) is 15.8 Å². The number of carbonyl (C=O) groups excluding carboxylic acids is 1. The minimum atomic E-state index is -0.0872. The molecule has 0 unspecified atom stereocenters. The fourth-order valence-electron chi connectivity index (χ4n) is 4.27. The molecule has 1 amide bonds. The van der Waals surface area contributed by atoms with Gasteiger partial charge in [0.05, 0.1) is 23.2 Å². The smallest absolute Gasteiger partial charge is 0.266 e. The molecule has 0 N–H and O–H groups in total. The lowest BCUT2D eigenvalue weighted by Gasteiger charge is -2.14. The van der Waals surface area contributed by atoms with E-state index in [2.05, 4.69) is 6.07 Å². The minimum Gasteiger partial charge on any atom is -0.491 e. The summed E-state index contributed by atoms with van der Waals surface area (Å²) in [6.07, 6.45) is 3.96. The van der Waals surface area contributed by atoms with Crippen LogP contribution in [0.15, 0.2) is 83.9 Å². The molecule has 1 aromatic heterocycles. The van der Waals surface area contributed by atoms with Crippen LogP contribution in [0.1, 0.15) is 36.1 Å². The van der Waals surface area contributed by atoms with E-state index in [1.165, 1.54) is 17.3 Å². The van der Waals surface area contributed by atoms with Crippen molar-refractivity contribution in [3.05, 3.63) is 106 Å². The molecule has 0 saturated carbocycles. The van der Waals surface area contributed by atoms with Gasteiger partial charge in [-0.3, -0.25) is 9.69 Å². The third kappa shape index (κ3) is 5.59. The Morgan fingerprint density at radius 2 is 1.76 bits per heavy atom. The highest BCUT2D eigenvalue weighted by Crippen LogP contribution is 2.36. The van der Waals surface area contributed by atoms with E-state index >= 15 is 0 Å². The molecule has 38 heavy (non-hydrogen) atoms. The molecule has 1 aliphatic rings. The summed E-state index contributed by atoms with van der Waals surface area (Å²) in [7, 11) is 0. The monoisotopic (exact) mass is 539 g/mol. The summed E-state index contributed by atoms with van der Waals surface area (Å²) < 4.78 is 8.35. The molecule has 0 atom stereocenters. The SMILES string of the molecule is Cc1ccc(CN2C(=O)/C(=C/c3cn(-c4ccccc4)nc3-c3ccc(OC(C)C)c(C)c3)SC2=S)cc1. The summed E-state index contributed by atoms with van der Waals surface area (Å²) >= 11 is 6.93. The van der Waals surface area contributed by atoms with E-state index in [1.807, 2.05) is 111 Å². The third-order valence-corrected chi connectivity index (χ3v) is 7.57. The normalized spacial score (nSPS) is 14.7. The molecule has 1 saturated heterocycles. The number of benzene rings is 3. The van der Waals surface area contributed by atoms with Crippen LogP contribution in [-0.4, -0.2) is 31.0 Å². The first kappa shape index (κ1) is 25.9. The van der Waals surface area contributed by atoms with Gasteiger partial charge in [0.1, 0.15) is 15.8 Å². The van der Waals surface area contributed by atoms with Crippen LogP contribution in [0, 0.1) is 13.8 Å². The number of aromatic nitrogens is 2. The van der Waals surface area contributed by atoms with Crippen LogP contribution in [0.5, 0.6) is 5.75 Å². The van der Waals surface area contributed by atoms with Gasteiger partial charge < -0.3 is 4.74 Å². The molecule has 3 aromatic carbocycles. The first-order valence-corrected chi connectivity index (χ1v) is 13.7. The molecule has 1 aliphatic heterocycles. The Morgan fingerprint density at radius 3 is 2.45 bits per heavy atom. The maximum Gasteiger partial charge on any atom is 0.266 e. The predicted molar refractivity (Wildman–Crippen MR) is 159 cm³/mol. The highest BCUT2D eigenvalue weighted by Gasteiger charge is 2.32. The maximum atomic E-state index is 13.4. The van der Waals surface area contributed by atoms with Crippen LogP contribution in [0.3, 0.4) is 0 Å². The highest BCUT2D eigenvalue weighted by molar-refractivity contribution is 8.26. The van der Waals surface area contributed by atoms with Crippen LogP contribution in [0.25, 0.3) is 23.0 Å². The number of aryl methyl sites for hydroxylation is 2. The number of hydrogen-bond acceptors (Lipinski definition) is 5. The van der Waals surface area contributed by atoms with Crippen molar-refractivity contribution in [2.24, 2.45) is 0 Å². The molecule has 192 valence electrons. The zero-order valence-electron chi connectivity index (χ0n) is 21.8. The van der Waals surface area contributed by atoms with Gasteiger partial charge in [0.25, 0.3) is 5.91 Å². The Kier molecular flexibility index (Phi) is 7.49. The van der Waals surface area contributed by atoms with Crippen molar-refractivity contribution < 1.29 is 9.53 Å². The summed E-state index contributed by atoms with van der Waals surface area (Å²) in [4.78, 5) is 15.7. The predicted octanol–water partition coefficient (Wildman–Crippen LogP) is 7.34. The first-order valence-electron chi connectivity index (χ1n) is 12.5. The third-order valence-electron chi connectivity index (χ3n) is 6.20. The topological polar surface area (TPSA) is 47.4 Å². The molecule has 0 bridgehead atoms. The molecule has 7 heteroatoms. The summed E-state index contributed by atoms with van der Waals surface area (Å²) in [5.74, 6) is 0.764. The Hall–Kier alpha value is -3.68. The van der Waals surface area contributed by atoms with Crippen LogP contribution >= 0.6 is 24.0 Å². The molecule has 4 aromatic rings. The van der Waals surface area contributed by atoms with Gasteiger partial charge in [0.15, 0.2) is 0 Å². The first-order chi connectivity index (χ1) is 18.3. The van der Waals surface area contributed by atoms with Crippen molar-refractivity contribution in [3.63, 3.8) is 0 Å². The lowest BCUT2D eigenvalue weighted by Crippen LogP contribution is -2.27. The second-order valence-electron chi connectivity index (χ2n) is 9.61. The molecule has 0 spiro atoms. The Balaban J connectivity index is 1.52. The maximum absolute atomic E-state index is 13.4. The largest absolute Gasteiger partial charge is 0.491 e. The fourth-order valence-corrected chi connectivity index (χ4v) is 5.51. The van der Waals surface area contributed by atoms with Gasteiger partial charge in [-0.2, -0.15) is 5.10 Å². The van der Waals surface area contributed by atoms with Crippen LogP contribution in [0.2, 0.25) is 0 Å². The minimum absolute atomic E-state index is 0.0872. The number of amides is 1. The van der Waals surface area contributed by atoms with E-state index in [-0.39, 0.29) is 12.0 Å². The van der Waals surface area contributed by atoms with Crippen molar-refractivity contribution >= 4 is 40.3 Å². The molecule has 2 heterocycles. The molecule has 5 nitrogen and oxygen atoms in total. The zero-order chi connectivity index (χ0) is 26.8. The Bertz CT molecular complexity index is 1520. The summed E-state index contributed by atoms with van der Waals surface area (Å²) in [5, 5.41) is 4.93. The zero-order valence-corrected chi connectivity index (χ0v) is 23.5. The van der Waals surface area contributed by atoms with Gasteiger partial charge in [0.2, 0.25) is 0 Å². The molecular weight excluding hydrogens is 510 g/mol. The molecule has 0 radical (unpaired) electrons. The second kappa shape index (κ2) is 11.0. The molecule has 5 rings (SSSR count). The van der Waals surface area contributed by atoms with E-state index in [9.17, 15) is 4.79 Å². The summed E-state index contributed by atoms with van der Waals surface area (Å²) in [6, 6.07) is 24.2. The average molecular weight is 540 g/mol. The number of hydrogen-bond donors (Lipinski definition) is 0. The van der Waals surface area contributed by atoms with Crippen molar-refractivity contribution in [3.8, 4) is 22.7 Å². The van der Waals surface area contributed by atoms with Gasteiger partial charge >= 0.3 is 0 Å². The number of thiocarbonyl (C=S) groups is 1. The average Bonchev–Trinajstić information content (AvgIpc) is 3.43. The van der Waals surface area contributed by atoms with Gasteiger partial charge in [-0.1, -0.05) is 72.0 Å². The second-order valence-corrected chi connectivity index (χ2v) is 11.3. The van der Waals surface area contributed by atoms with Crippen molar-refractivity contribution in [1.82, 2.24) is 14.7 Å². The number of ether oxygens (including phenoxy) is 1. The van der Waals surface area contributed by atoms with E-state index in [1.54, 1.807) is 4.90 Å². The number of para-hydroxylation sites is 1. The van der Waals surface area contributed by atoms with Crippen molar-refractivity contribution in [2.45, 2.75) is 40.3 Å². The van der Waals surface area contributed by atoms with E-state index < -0.39 is 0 Å². The Labute approximate surface area is 233 Å². The number of nitrogens with zero attached hydrogens (tertiary/aromatic N) is 3. The van der Waals surface area contributed by atoms with Crippen LogP contribution < -0.4 is 4.74 Å².